The van der Waals surface area contributed by atoms with Crippen LogP contribution in [0.2, 0.25) is 0 Å². The Morgan fingerprint density at radius 2 is 2.06 bits per heavy atom. The summed E-state index contributed by atoms with van der Waals surface area (Å²) in [4.78, 5) is 5.84. The number of thiazole rings is 1. The molecule has 1 aromatic heterocycles. The molecule has 1 unspecified atom stereocenters. The van der Waals surface area contributed by atoms with E-state index in [4.69, 9.17) is 5.73 Å². The molecule has 3 rings (SSSR count). The van der Waals surface area contributed by atoms with Crippen molar-refractivity contribution in [3.8, 4) is 0 Å². The number of benzene rings is 1. The largest absolute Gasteiger partial charge is 0.316 e. The van der Waals surface area contributed by atoms with Crippen LogP contribution in [0.5, 0.6) is 0 Å². The highest BCUT2D eigenvalue weighted by atomic mass is 32.1. The van der Waals surface area contributed by atoms with Crippen molar-refractivity contribution < 1.29 is 0 Å². The fourth-order valence-electron chi connectivity index (χ4n) is 2.47. The molecule has 0 radical (unpaired) electrons. The van der Waals surface area contributed by atoms with Gasteiger partial charge in [0.15, 0.2) is 0 Å². The fourth-order valence-corrected chi connectivity index (χ4v) is 3.37. The summed E-state index contributed by atoms with van der Waals surface area (Å²) in [6, 6.07) is 10.3. The topological polar surface area (TPSA) is 38.9 Å². The van der Waals surface area contributed by atoms with Crippen molar-refractivity contribution in [2.75, 3.05) is 0 Å². The Bertz CT molecular complexity index is 492. The van der Waals surface area contributed by atoms with Gasteiger partial charge < -0.3 is 5.73 Å². The second kappa shape index (κ2) is 3.68. The van der Waals surface area contributed by atoms with Gasteiger partial charge in [-0.25, -0.2) is 4.98 Å². The molecule has 3 heteroatoms. The van der Waals surface area contributed by atoms with Crippen LogP contribution in [0.25, 0.3) is 0 Å². The summed E-state index contributed by atoms with van der Waals surface area (Å²) in [5.41, 5.74) is 10.4. The molecule has 0 fully saturated rings. The molecule has 0 saturated heterocycles. The smallest absolute Gasteiger partial charge is 0.0850 e. The molecule has 1 aliphatic rings. The Labute approximate surface area is 99.1 Å². The quantitative estimate of drug-likeness (QED) is 0.818. The monoisotopic (exact) mass is 230 g/mol. The molecular formula is C13H14N2S. The lowest BCUT2D eigenvalue weighted by Crippen LogP contribution is -2.41. The van der Waals surface area contributed by atoms with Gasteiger partial charge in [-0.1, -0.05) is 30.3 Å². The van der Waals surface area contributed by atoms with Gasteiger partial charge in [0.1, 0.15) is 0 Å². The lowest BCUT2D eigenvalue weighted by atomic mass is 9.78. The third kappa shape index (κ3) is 1.39. The van der Waals surface area contributed by atoms with E-state index < -0.39 is 0 Å². The van der Waals surface area contributed by atoms with Crippen LogP contribution in [0, 0.1) is 0 Å². The highest BCUT2D eigenvalue weighted by Crippen LogP contribution is 2.38. The van der Waals surface area contributed by atoms with Crippen LogP contribution >= 0.6 is 11.3 Å². The third-order valence-corrected chi connectivity index (χ3v) is 4.22. The van der Waals surface area contributed by atoms with E-state index in [1.807, 2.05) is 23.7 Å². The predicted molar refractivity (Wildman–Crippen MR) is 66.5 cm³/mol. The summed E-state index contributed by atoms with van der Waals surface area (Å²) >= 11 is 1.73. The Kier molecular flexibility index (Phi) is 2.30. The van der Waals surface area contributed by atoms with Crippen LogP contribution < -0.4 is 5.73 Å². The van der Waals surface area contributed by atoms with Gasteiger partial charge in [0.05, 0.1) is 16.7 Å². The van der Waals surface area contributed by atoms with E-state index in [-0.39, 0.29) is 5.54 Å². The first-order valence-electron chi connectivity index (χ1n) is 5.58. The van der Waals surface area contributed by atoms with Crippen LogP contribution in [0.15, 0.2) is 35.8 Å². The first kappa shape index (κ1) is 10.00. The van der Waals surface area contributed by atoms with Crippen LogP contribution in [0.3, 0.4) is 0 Å². The number of hydrogen-bond acceptors (Lipinski definition) is 3. The maximum absolute atomic E-state index is 6.58. The van der Waals surface area contributed by atoms with Gasteiger partial charge in [-0.2, -0.15) is 0 Å². The lowest BCUT2D eigenvalue weighted by Gasteiger charge is -2.33. The van der Waals surface area contributed by atoms with E-state index >= 15 is 0 Å². The van der Waals surface area contributed by atoms with Crippen LogP contribution in [-0.2, 0) is 12.0 Å². The molecule has 1 heterocycles. The van der Waals surface area contributed by atoms with E-state index in [1.165, 1.54) is 10.4 Å². The maximum Gasteiger partial charge on any atom is 0.0850 e. The highest BCUT2D eigenvalue weighted by Gasteiger charge is 2.36. The minimum absolute atomic E-state index is 0.366. The van der Waals surface area contributed by atoms with Gasteiger partial charge in [0, 0.05) is 4.88 Å². The van der Waals surface area contributed by atoms with E-state index in [2.05, 4.69) is 17.1 Å². The number of nitrogens with zero attached hydrogens (tertiary/aromatic N) is 1. The molecular weight excluding hydrogens is 216 g/mol. The summed E-state index contributed by atoms with van der Waals surface area (Å²) in [5.74, 6) is 0. The summed E-state index contributed by atoms with van der Waals surface area (Å²) in [7, 11) is 0. The van der Waals surface area contributed by atoms with Gasteiger partial charge >= 0.3 is 0 Å². The number of nitrogens with two attached hydrogens (primary N) is 1. The summed E-state index contributed by atoms with van der Waals surface area (Å²) in [6.45, 7) is 0. The number of aryl methyl sites for hydroxylation is 1. The Morgan fingerprint density at radius 1 is 1.25 bits per heavy atom. The van der Waals surface area contributed by atoms with Crippen molar-refractivity contribution in [1.82, 2.24) is 4.98 Å². The second-order valence-electron chi connectivity index (χ2n) is 4.32. The molecule has 0 bridgehead atoms. The molecule has 2 aromatic rings. The molecule has 0 amide bonds. The zero-order valence-corrected chi connectivity index (χ0v) is 9.83. The molecule has 16 heavy (non-hydrogen) atoms. The molecule has 1 atom stereocenters. The van der Waals surface area contributed by atoms with Crippen molar-refractivity contribution in [3.63, 3.8) is 0 Å². The molecule has 2 nitrogen and oxygen atoms in total. The Hall–Kier alpha value is -1.19. The van der Waals surface area contributed by atoms with Crippen LogP contribution in [0.1, 0.15) is 29.0 Å². The summed E-state index contributed by atoms with van der Waals surface area (Å²) < 4.78 is 0. The first-order chi connectivity index (χ1) is 7.81. The van der Waals surface area contributed by atoms with Gasteiger partial charge in [0.2, 0.25) is 0 Å². The zero-order chi connectivity index (χ0) is 11.0. The van der Waals surface area contributed by atoms with E-state index in [9.17, 15) is 0 Å². The van der Waals surface area contributed by atoms with Crippen LogP contribution in [-0.4, -0.2) is 4.98 Å². The fraction of sp³-hybridized carbons (Fsp3) is 0.308. The normalized spacial score (nSPS) is 24.1. The summed E-state index contributed by atoms with van der Waals surface area (Å²) in [6.07, 6.45) is 3.28. The lowest BCUT2D eigenvalue weighted by molar-refractivity contribution is 0.435. The number of aromatic nitrogens is 1. The second-order valence-corrected chi connectivity index (χ2v) is 5.25. The highest BCUT2D eigenvalue weighted by molar-refractivity contribution is 7.09. The van der Waals surface area contributed by atoms with Gasteiger partial charge in [-0.05, 0) is 24.8 Å². The van der Waals surface area contributed by atoms with Crippen LogP contribution in [0.4, 0.5) is 0 Å². The predicted octanol–water partition coefficient (Wildman–Crippen LogP) is 2.68. The minimum Gasteiger partial charge on any atom is -0.316 e. The van der Waals surface area contributed by atoms with Crippen molar-refractivity contribution in [2.24, 2.45) is 5.73 Å². The Morgan fingerprint density at radius 3 is 2.88 bits per heavy atom. The number of rotatable bonds is 1. The van der Waals surface area contributed by atoms with E-state index in [1.54, 1.807) is 11.3 Å². The molecule has 0 saturated carbocycles. The zero-order valence-electron chi connectivity index (χ0n) is 9.02. The van der Waals surface area contributed by atoms with Crippen molar-refractivity contribution in [1.29, 1.82) is 0 Å². The number of fused-ring (bicyclic) bond motifs is 1. The number of hydrogen-bond donors (Lipinski definition) is 1. The first-order valence-corrected chi connectivity index (χ1v) is 6.46. The van der Waals surface area contributed by atoms with E-state index in [0.29, 0.717) is 0 Å². The molecule has 0 spiro atoms. The van der Waals surface area contributed by atoms with Gasteiger partial charge in [0.25, 0.3) is 0 Å². The standard InChI is InChI=1S/C13H14N2S/c14-13(10-5-2-1-3-6-10)8-4-7-11-12(13)15-9-16-11/h1-3,5-6,9H,4,7-8,14H2. The average molecular weight is 230 g/mol. The van der Waals surface area contributed by atoms with Gasteiger partial charge in [-0.3, -0.25) is 0 Å². The van der Waals surface area contributed by atoms with E-state index in [0.717, 1.165) is 25.0 Å². The SMILES string of the molecule is NC1(c2ccccc2)CCCc2scnc21. The van der Waals surface area contributed by atoms with Crippen molar-refractivity contribution in [3.05, 3.63) is 52.0 Å². The molecule has 82 valence electrons. The minimum atomic E-state index is -0.366. The maximum atomic E-state index is 6.58. The average Bonchev–Trinajstić information content (AvgIpc) is 2.80. The summed E-state index contributed by atoms with van der Waals surface area (Å²) in [5, 5.41) is 0. The van der Waals surface area contributed by atoms with Crippen molar-refractivity contribution in [2.45, 2.75) is 24.8 Å². The Balaban J connectivity index is 2.14. The molecule has 0 aliphatic heterocycles. The van der Waals surface area contributed by atoms with Gasteiger partial charge in [-0.15, -0.1) is 11.3 Å². The molecule has 1 aliphatic carbocycles. The molecule has 1 aromatic carbocycles. The molecule has 2 N–H and O–H groups in total. The third-order valence-electron chi connectivity index (χ3n) is 3.33. The van der Waals surface area contributed by atoms with Crippen molar-refractivity contribution >= 4 is 11.3 Å².